The molecule has 1 heterocycles. The van der Waals surface area contributed by atoms with Gasteiger partial charge in [-0.05, 0) is 62.9 Å². The topological polar surface area (TPSA) is 32.3 Å². The predicted molar refractivity (Wildman–Crippen MR) is 85.2 cm³/mol. The highest BCUT2D eigenvalue weighted by Gasteiger charge is 2.51. The van der Waals surface area contributed by atoms with Gasteiger partial charge in [-0.1, -0.05) is 19.1 Å². The number of nitrogens with one attached hydrogen (secondary N) is 1. The van der Waals surface area contributed by atoms with Gasteiger partial charge in [-0.25, -0.2) is 4.39 Å². The van der Waals surface area contributed by atoms with E-state index in [0.29, 0.717) is 0 Å². The number of halogens is 1. The molecule has 0 aromatic heterocycles. The first kappa shape index (κ1) is 15.5. The first-order valence-corrected chi connectivity index (χ1v) is 8.43. The molecule has 1 aromatic carbocycles. The summed E-state index contributed by atoms with van der Waals surface area (Å²) in [5, 5.41) is 3.24. The monoisotopic (exact) mass is 304 g/mol. The van der Waals surface area contributed by atoms with Gasteiger partial charge in [-0.3, -0.25) is 4.79 Å². The van der Waals surface area contributed by atoms with Crippen molar-refractivity contribution in [3.63, 3.8) is 0 Å². The van der Waals surface area contributed by atoms with Crippen molar-refractivity contribution in [3.05, 3.63) is 35.6 Å². The van der Waals surface area contributed by atoms with Crippen LogP contribution in [0.15, 0.2) is 24.3 Å². The summed E-state index contributed by atoms with van der Waals surface area (Å²) in [7, 11) is 0. The minimum atomic E-state index is -0.411. The highest BCUT2D eigenvalue weighted by atomic mass is 19.1. The van der Waals surface area contributed by atoms with Crippen LogP contribution in [0.5, 0.6) is 0 Å². The summed E-state index contributed by atoms with van der Waals surface area (Å²) in [6.07, 6.45) is 5.21. The molecule has 1 aliphatic heterocycles. The van der Waals surface area contributed by atoms with Crippen LogP contribution >= 0.6 is 0 Å². The zero-order chi connectivity index (χ0) is 15.6. The maximum atomic E-state index is 13.1. The van der Waals surface area contributed by atoms with Crippen molar-refractivity contribution in [1.82, 2.24) is 10.2 Å². The van der Waals surface area contributed by atoms with Gasteiger partial charge < -0.3 is 10.2 Å². The van der Waals surface area contributed by atoms with Gasteiger partial charge >= 0.3 is 0 Å². The Morgan fingerprint density at radius 2 is 1.91 bits per heavy atom. The van der Waals surface area contributed by atoms with Crippen LogP contribution in [0, 0.1) is 5.82 Å². The lowest BCUT2D eigenvalue weighted by molar-refractivity contribution is -0.124. The van der Waals surface area contributed by atoms with Gasteiger partial charge in [0.1, 0.15) is 5.82 Å². The second-order valence-electron chi connectivity index (χ2n) is 6.68. The summed E-state index contributed by atoms with van der Waals surface area (Å²) in [5.41, 5.74) is 0.536. The fraction of sp³-hybridized carbons (Fsp3) is 0.611. The molecule has 0 spiro atoms. The summed E-state index contributed by atoms with van der Waals surface area (Å²) < 4.78 is 13.1. The second kappa shape index (κ2) is 6.37. The first-order chi connectivity index (χ1) is 10.6. The van der Waals surface area contributed by atoms with E-state index < -0.39 is 5.41 Å². The van der Waals surface area contributed by atoms with Gasteiger partial charge in [-0.15, -0.1) is 0 Å². The molecule has 0 unspecified atom stereocenters. The average Bonchev–Trinajstić information content (AvgIpc) is 3.18. The maximum Gasteiger partial charge on any atom is 0.230 e. The van der Waals surface area contributed by atoms with Crippen molar-refractivity contribution in [1.29, 1.82) is 0 Å². The summed E-state index contributed by atoms with van der Waals surface area (Å²) in [5.74, 6) is -0.134. The van der Waals surface area contributed by atoms with E-state index in [1.54, 1.807) is 12.1 Å². The van der Waals surface area contributed by atoms with Gasteiger partial charge in [0.2, 0.25) is 5.91 Å². The molecule has 2 fully saturated rings. The van der Waals surface area contributed by atoms with Crippen molar-refractivity contribution in [3.8, 4) is 0 Å². The van der Waals surface area contributed by atoms with Crippen molar-refractivity contribution < 1.29 is 9.18 Å². The number of amides is 1. The van der Waals surface area contributed by atoms with Crippen LogP contribution < -0.4 is 5.32 Å². The Morgan fingerprint density at radius 3 is 2.45 bits per heavy atom. The number of nitrogens with zero attached hydrogens (tertiary/aromatic N) is 1. The molecule has 1 saturated carbocycles. The molecule has 3 nitrogen and oxygen atoms in total. The summed E-state index contributed by atoms with van der Waals surface area (Å²) in [6, 6.07) is 6.62. The molecule has 2 aliphatic rings. The van der Waals surface area contributed by atoms with Crippen LogP contribution in [-0.2, 0) is 10.2 Å². The molecular weight excluding hydrogens is 279 g/mol. The molecule has 1 N–H and O–H groups in total. The van der Waals surface area contributed by atoms with Crippen LogP contribution in [0.3, 0.4) is 0 Å². The van der Waals surface area contributed by atoms with Crippen LogP contribution in [0.4, 0.5) is 4.39 Å². The Kier molecular flexibility index (Phi) is 4.48. The molecule has 120 valence electrons. The van der Waals surface area contributed by atoms with E-state index in [1.807, 2.05) is 0 Å². The minimum Gasteiger partial charge on any atom is -0.351 e. The standard InChI is InChI=1S/C18H25FN2O/c1-2-16(13-21-11-3-4-12-21)20-17(22)18(9-10-18)14-5-7-15(19)8-6-14/h5-8,16H,2-4,9-13H2,1H3,(H,20,22)/t16-/m0/s1. The normalized spacial score (nSPS) is 21.5. The van der Waals surface area contributed by atoms with Crippen LogP contribution in [0.25, 0.3) is 0 Å². The Balaban J connectivity index is 1.63. The fourth-order valence-corrected chi connectivity index (χ4v) is 3.42. The summed E-state index contributed by atoms with van der Waals surface area (Å²) in [4.78, 5) is 15.2. The predicted octanol–water partition coefficient (Wildman–Crippen LogP) is 2.85. The molecule has 1 aliphatic carbocycles. The number of likely N-dealkylation sites (tertiary alicyclic amines) is 1. The van der Waals surface area contributed by atoms with Crippen molar-refractivity contribution >= 4 is 5.91 Å². The zero-order valence-electron chi connectivity index (χ0n) is 13.3. The van der Waals surface area contributed by atoms with Crippen molar-refractivity contribution in [2.24, 2.45) is 0 Å². The van der Waals surface area contributed by atoms with E-state index >= 15 is 0 Å². The number of hydrogen-bond acceptors (Lipinski definition) is 2. The molecule has 1 saturated heterocycles. The van der Waals surface area contributed by atoms with E-state index in [-0.39, 0.29) is 17.8 Å². The van der Waals surface area contributed by atoms with E-state index in [9.17, 15) is 9.18 Å². The fourth-order valence-electron chi connectivity index (χ4n) is 3.42. The highest BCUT2D eigenvalue weighted by molar-refractivity contribution is 5.91. The van der Waals surface area contributed by atoms with Crippen LogP contribution in [0.2, 0.25) is 0 Å². The smallest absolute Gasteiger partial charge is 0.230 e. The van der Waals surface area contributed by atoms with Gasteiger partial charge in [-0.2, -0.15) is 0 Å². The lowest BCUT2D eigenvalue weighted by atomic mass is 9.94. The molecule has 1 amide bonds. The Labute approximate surface area is 131 Å². The lowest BCUT2D eigenvalue weighted by Crippen LogP contribution is -2.46. The minimum absolute atomic E-state index is 0.116. The molecular formula is C18H25FN2O. The zero-order valence-corrected chi connectivity index (χ0v) is 13.3. The second-order valence-corrected chi connectivity index (χ2v) is 6.68. The van der Waals surface area contributed by atoms with Crippen LogP contribution in [-0.4, -0.2) is 36.5 Å². The van der Waals surface area contributed by atoms with E-state index in [0.717, 1.165) is 44.5 Å². The number of rotatable bonds is 6. The third-order valence-corrected chi connectivity index (χ3v) is 5.09. The van der Waals surface area contributed by atoms with Gasteiger partial charge in [0.25, 0.3) is 0 Å². The Morgan fingerprint density at radius 1 is 1.27 bits per heavy atom. The molecule has 1 atom stereocenters. The number of carbonyl (C=O) groups is 1. The number of benzene rings is 1. The number of carbonyl (C=O) groups excluding carboxylic acids is 1. The first-order valence-electron chi connectivity index (χ1n) is 8.43. The maximum absolute atomic E-state index is 13.1. The highest BCUT2D eigenvalue weighted by Crippen LogP contribution is 2.48. The lowest BCUT2D eigenvalue weighted by Gasteiger charge is -2.26. The van der Waals surface area contributed by atoms with Gasteiger partial charge in [0.05, 0.1) is 5.41 Å². The SMILES string of the molecule is CC[C@@H](CN1CCCC1)NC(=O)C1(c2ccc(F)cc2)CC1. The van der Waals surface area contributed by atoms with E-state index in [1.165, 1.54) is 25.0 Å². The molecule has 4 heteroatoms. The quantitative estimate of drug-likeness (QED) is 0.876. The summed E-state index contributed by atoms with van der Waals surface area (Å²) >= 11 is 0. The van der Waals surface area contributed by atoms with Crippen molar-refractivity contribution in [2.45, 2.75) is 50.5 Å². The van der Waals surface area contributed by atoms with Gasteiger partial charge in [0, 0.05) is 12.6 Å². The van der Waals surface area contributed by atoms with E-state index in [2.05, 4.69) is 17.1 Å². The van der Waals surface area contributed by atoms with Gasteiger partial charge in [0.15, 0.2) is 0 Å². The average molecular weight is 304 g/mol. The van der Waals surface area contributed by atoms with E-state index in [4.69, 9.17) is 0 Å². The van der Waals surface area contributed by atoms with Crippen LogP contribution in [0.1, 0.15) is 44.6 Å². The van der Waals surface area contributed by atoms with Crippen molar-refractivity contribution in [2.75, 3.05) is 19.6 Å². The third-order valence-electron chi connectivity index (χ3n) is 5.09. The number of hydrogen-bond donors (Lipinski definition) is 1. The molecule has 0 bridgehead atoms. The molecule has 3 rings (SSSR count). The Bertz CT molecular complexity index is 518. The summed E-state index contributed by atoms with van der Waals surface area (Å²) in [6.45, 7) is 5.37. The third kappa shape index (κ3) is 3.17. The largest absolute Gasteiger partial charge is 0.351 e. The Hall–Kier alpha value is -1.42. The molecule has 0 radical (unpaired) electrons. The molecule has 1 aromatic rings. The molecule has 22 heavy (non-hydrogen) atoms.